The first-order chi connectivity index (χ1) is 17.5. The topological polar surface area (TPSA) is 86.8 Å². The number of carbonyl (C=O) groups is 2. The number of aryl methyl sites for hydroxylation is 1. The summed E-state index contributed by atoms with van der Waals surface area (Å²) in [6, 6.07) is 19.3. The van der Waals surface area contributed by atoms with Gasteiger partial charge in [-0.25, -0.2) is 8.42 Å². The molecule has 0 aliphatic rings. The predicted molar refractivity (Wildman–Crippen MR) is 150 cm³/mol. The van der Waals surface area contributed by atoms with Crippen molar-refractivity contribution in [2.24, 2.45) is 0 Å². The summed E-state index contributed by atoms with van der Waals surface area (Å²) >= 11 is 9.58. The molecule has 0 spiro atoms. The fraction of sp³-hybridized carbons (Fsp3) is 0.259. The summed E-state index contributed by atoms with van der Waals surface area (Å²) in [5.41, 5.74) is 1.94. The number of likely N-dealkylation sites (N-methyl/N-ethyl adjacent to an activating group) is 1. The summed E-state index contributed by atoms with van der Waals surface area (Å²) in [7, 11) is -4.13. The van der Waals surface area contributed by atoms with Gasteiger partial charge in [-0.05, 0) is 68.8 Å². The fourth-order valence-electron chi connectivity index (χ4n) is 3.69. The van der Waals surface area contributed by atoms with E-state index in [1.54, 1.807) is 44.2 Å². The van der Waals surface area contributed by atoms with Gasteiger partial charge in [0.15, 0.2) is 0 Å². The largest absolute Gasteiger partial charge is 0.355 e. The zero-order valence-electron chi connectivity index (χ0n) is 20.8. The van der Waals surface area contributed by atoms with Crippen LogP contribution in [0.15, 0.2) is 82.2 Å². The number of halogens is 2. The van der Waals surface area contributed by atoms with Crippen LogP contribution in [0.2, 0.25) is 5.02 Å². The lowest BCUT2D eigenvalue weighted by molar-refractivity contribution is -0.139. The monoisotopic (exact) mass is 605 g/mol. The molecule has 0 aromatic heterocycles. The smallest absolute Gasteiger partial charge is 0.264 e. The zero-order valence-corrected chi connectivity index (χ0v) is 24.0. The molecule has 0 bridgehead atoms. The van der Waals surface area contributed by atoms with Crippen LogP contribution in [0, 0.1) is 6.92 Å². The molecule has 37 heavy (non-hydrogen) atoms. The Morgan fingerprint density at radius 1 is 1.03 bits per heavy atom. The van der Waals surface area contributed by atoms with Crippen molar-refractivity contribution in [3.63, 3.8) is 0 Å². The molecule has 3 aromatic rings. The van der Waals surface area contributed by atoms with Crippen molar-refractivity contribution in [1.29, 1.82) is 0 Å². The van der Waals surface area contributed by atoms with Gasteiger partial charge >= 0.3 is 0 Å². The number of hydrogen-bond acceptors (Lipinski definition) is 4. The van der Waals surface area contributed by atoms with E-state index in [0.717, 1.165) is 19.9 Å². The van der Waals surface area contributed by atoms with E-state index in [9.17, 15) is 18.0 Å². The Balaban J connectivity index is 2.02. The van der Waals surface area contributed by atoms with E-state index in [1.807, 2.05) is 31.2 Å². The van der Waals surface area contributed by atoms with Gasteiger partial charge in [0.1, 0.15) is 12.6 Å². The SMILES string of the molecule is CCNC(=O)[C@H](C)N(Cc1ccc(Br)cc1)C(=O)CN(c1cccc(Cl)c1)S(=O)(=O)c1ccc(C)cc1. The van der Waals surface area contributed by atoms with Crippen molar-refractivity contribution < 1.29 is 18.0 Å². The number of sulfonamides is 1. The number of hydrogen-bond donors (Lipinski definition) is 1. The normalized spacial score (nSPS) is 12.0. The molecule has 0 saturated heterocycles. The van der Waals surface area contributed by atoms with Gasteiger partial charge in [0, 0.05) is 22.6 Å². The first-order valence-corrected chi connectivity index (χ1v) is 14.3. The van der Waals surface area contributed by atoms with Crippen molar-refractivity contribution in [1.82, 2.24) is 10.2 Å². The van der Waals surface area contributed by atoms with Gasteiger partial charge in [0.25, 0.3) is 10.0 Å². The van der Waals surface area contributed by atoms with E-state index in [-0.39, 0.29) is 23.0 Å². The summed E-state index contributed by atoms with van der Waals surface area (Å²) in [4.78, 5) is 27.9. The first kappa shape index (κ1) is 28.7. The predicted octanol–water partition coefficient (Wildman–Crippen LogP) is 5.16. The first-order valence-electron chi connectivity index (χ1n) is 11.7. The molecule has 0 aliphatic heterocycles. The Labute approximate surface area is 231 Å². The highest BCUT2D eigenvalue weighted by Gasteiger charge is 2.32. The van der Waals surface area contributed by atoms with Crippen LogP contribution in [-0.2, 0) is 26.2 Å². The van der Waals surface area contributed by atoms with Crippen molar-refractivity contribution in [2.75, 3.05) is 17.4 Å². The van der Waals surface area contributed by atoms with E-state index in [1.165, 1.54) is 23.1 Å². The fourth-order valence-corrected chi connectivity index (χ4v) is 5.54. The molecular formula is C27H29BrClN3O4S. The summed E-state index contributed by atoms with van der Waals surface area (Å²) in [6.45, 7) is 5.28. The number of amides is 2. The lowest BCUT2D eigenvalue weighted by atomic mass is 10.1. The van der Waals surface area contributed by atoms with Crippen LogP contribution in [0.4, 0.5) is 5.69 Å². The average Bonchev–Trinajstić information content (AvgIpc) is 2.86. The number of anilines is 1. The van der Waals surface area contributed by atoms with Gasteiger partial charge in [-0.1, -0.05) is 63.4 Å². The minimum absolute atomic E-state index is 0.0436. The van der Waals surface area contributed by atoms with E-state index in [2.05, 4.69) is 21.2 Å². The van der Waals surface area contributed by atoms with E-state index in [0.29, 0.717) is 11.6 Å². The molecule has 0 radical (unpaired) electrons. The summed E-state index contributed by atoms with van der Waals surface area (Å²) in [6.07, 6.45) is 0. The maximum atomic E-state index is 13.8. The quantitative estimate of drug-likeness (QED) is 0.346. The second kappa shape index (κ2) is 12.6. The van der Waals surface area contributed by atoms with E-state index >= 15 is 0 Å². The molecule has 1 atom stereocenters. The van der Waals surface area contributed by atoms with Crippen LogP contribution in [0.3, 0.4) is 0 Å². The second-order valence-corrected chi connectivity index (χ2v) is 11.7. The lowest BCUT2D eigenvalue weighted by Crippen LogP contribution is -2.51. The standard InChI is InChI=1S/C27H29BrClN3O4S/c1-4-30-27(34)20(3)31(17-21-10-12-22(28)13-11-21)26(33)18-32(24-7-5-6-23(29)16-24)37(35,36)25-14-8-19(2)9-15-25/h5-16,20H,4,17-18H2,1-3H3,(H,30,34)/t20-/m0/s1. The van der Waals surface area contributed by atoms with Crippen LogP contribution in [-0.4, -0.2) is 44.3 Å². The summed E-state index contributed by atoms with van der Waals surface area (Å²) < 4.78 is 29.4. The summed E-state index contributed by atoms with van der Waals surface area (Å²) in [5.74, 6) is -0.860. The highest BCUT2D eigenvalue weighted by molar-refractivity contribution is 9.10. The highest BCUT2D eigenvalue weighted by atomic mass is 79.9. The highest BCUT2D eigenvalue weighted by Crippen LogP contribution is 2.27. The third-order valence-corrected chi connectivity index (χ3v) is 8.32. The van der Waals surface area contributed by atoms with Crippen molar-refractivity contribution >= 4 is 55.1 Å². The molecular weight excluding hydrogens is 578 g/mol. The molecule has 0 saturated carbocycles. The Morgan fingerprint density at radius 3 is 2.27 bits per heavy atom. The Bertz CT molecular complexity index is 1350. The maximum Gasteiger partial charge on any atom is 0.264 e. The molecule has 10 heteroatoms. The zero-order chi connectivity index (χ0) is 27.2. The van der Waals surface area contributed by atoms with Crippen molar-refractivity contribution in [2.45, 2.75) is 38.3 Å². The van der Waals surface area contributed by atoms with Gasteiger partial charge in [-0.3, -0.25) is 13.9 Å². The van der Waals surface area contributed by atoms with Crippen molar-refractivity contribution in [3.05, 3.63) is 93.4 Å². The molecule has 2 amide bonds. The average molecular weight is 607 g/mol. The third kappa shape index (κ3) is 7.34. The lowest BCUT2D eigenvalue weighted by Gasteiger charge is -2.32. The van der Waals surface area contributed by atoms with Crippen LogP contribution in [0.25, 0.3) is 0 Å². The summed E-state index contributed by atoms with van der Waals surface area (Å²) in [5, 5.41) is 3.07. The molecule has 196 valence electrons. The number of rotatable bonds is 10. The van der Waals surface area contributed by atoms with Crippen LogP contribution in [0.5, 0.6) is 0 Å². The number of carbonyl (C=O) groups excluding carboxylic acids is 2. The van der Waals surface area contributed by atoms with Gasteiger partial charge in [-0.2, -0.15) is 0 Å². The van der Waals surface area contributed by atoms with E-state index in [4.69, 9.17) is 11.6 Å². The van der Waals surface area contributed by atoms with Crippen LogP contribution in [0.1, 0.15) is 25.0 Å². The molecule has 3 rings (SSSR count). The maximum absolute atomic E-state index is 13.8. The molecule has 0 aliphatic carbocycles. The third-order valence-electron chi connectivity index (χ3n) is 5.77. The minimum Gasteiger partial charge on any atom is -0.355 e. The molecule has 7 nitrogen and oxygen atoms in total. The van der Waals surface area contributed by atoms with Gasteiger partial charge in [0.05, 0.1) is 10.6 Å². The molecule has 3 aromatic carbocycles. The van der Waals surface area contributed by atoms with E-state index < -0.39 is 28.5 Å². The number of nitrogens with one attached hydrogen (secondary N) is 1. The van der Waals surface area contributed by atoms with Gasteiger partial charge in [-0.15, -0.1) is 0 Å². The molecule has 1 N–H and O–H groups in total. The Kier molecular flexibility index (Phi) is 9.75. The van der Waals surface area contributed by atoms with Gasteiger partial charge < -0.3 is 10.2 Å². The minimum atomic E-state index is -4.13. The molecule has 0 fully saturated rings. The number of nitrogens with zero attached hydrogens (tertiary/aromatic N) is 2. The molecule has 0 heterocycles. The van der Waals surface area contributed by atoms with Crippen molar-refractivity contribution in [3.8, 4) is 0 Å². The van der Waals surface area contributed by atoms with Crippen LogP contribution < -0.4 is 9.62 Å². The number of benzene rings is 3. The molecule has 0 unspecified atom stereocenters. The Morgan fingerprint density at radius 2 is 1.68 bits per heavy atom. The second-order valence-electron chi connectivity index (χ2n) is 8.52. The van der Waals surface area contributed by atoms with Crippen LogP contribution >= 0.6 is 27.5 Å². The van der Waals surface area contributed by atoms with Gasteiger partial charge in [0.2, 0.25) is 11.8 Å². The Hall–Kier alpha value is -2.88.